The van der Waals surface area contributed by atoms with Gasteiger partial charge in [0.2, 0.25) is 0 Å². The molecule has 29 aromatic carbocycles. The van der Waals surface area contributed by atoms with E-state index in [1.54, 1.807) is 313 Å². The number of hydrogen-bond acceptors (Lipinski definition) is 1. The molecule has 0 radical (unpaired) electrons. The Morgan fingerprint density at radius 1 is 0.244 bits per heavy atom. The number of nitrogens with zero attached hydrogens (tertiary/aromatic N) is 1. The molecule has 2 spiro atoms. The second-order valence-electron chi connectivity index (χ2n) is 31.1. The van der Waals surface area contributed by atoms with Crippen LogP contribution in [0.3, 0.4) is 0 Å². The van der Waals surface area contributed by atoms with E-state index in [9.17, 15) is 0 Å². The van der Waals surface area contributed by atoms with Crippen molar-refractivity contribution in [2.24, 2.45) is 0 Å². The van der Waals surface area contributed by atoms with Gasteiger partial charge in [0.15, 0.2) is 0 Å². The van der Waals surface area contributed by atoms with E-state index in [0.717, 1.165) is 19.6 Å². The van der Waals surface area contributed by atoms with E-state index in [1.807, 2.05) is 0 Å². The van der Waals surface area contributed by atoms with Crippen molar-refractivity contribution in [3.63, 3.8) is 0 Å². The van der Waals surface area contributed by atoms with Crippen LogP contribution in [0.1, 0.15) is 80.5 Å². The Bertz CT molecular complexity index is 7090. The average molecular weight is 966 g/mol. The minimum Gasteiger partial charge on any atom is -0.297 e. The summed E-state index contributed by atoms with van der Waals surface area (Å²) in [7, 11) is 0. The Morgan fingerprint density at radius 3 is 0.551 bits per heavy atom. The van der Waals surface area contributed by atoms with Gasteiger partial charge < -0.3 is 0 Å². The zero-order chi connectivity index (χ0) is 48.0. The summed E-state index contributed by atoms with van der Waals surface area (Å²) < 4.78 is 0. The lowest BCUT2D eigenvalue weighted by Gasteiger charge is -2.49. The smallest absolute Gasteiger partial charge is 0.0505 e. The summed E-state index contributed by atoms with van der Waals surface area (Å²) in [6.45, 7) is 17.8. The molecule has 340 valence electrons. The Labute approximate surface area is 433 Å². The molecule has 1 saturated heterocycles. The molecule has 1 fully saturated rings. The number of rotatable bonds is 2. The van der Waals surface area contributed by atoms with Gasteiger partial charge >= 0.3 is 0 Å². The fourth-order valence-corrected chi connectivity index (χ4v) is 26.9. The molecule has 29 aromatic rings. The fraction of sp³-hybridized carbons (Fsp3) is 0.169. The van der Waals surface area contributed by atoms with Crippen LogP contribution in [0.5, 0.6) is 0 Å². The van der Waals surface area contributed by atoms with Gasteiger partial charge in [-0.3, -0.25) is 4.90 Å². The van der Waals surface area contributed by atoms with Crippen molar-refractivity contribution < 1.29 is 0 Å². The van der Waals surface area contributed by atoms with Crippen LogP contribution in [0.15, 0.2) is 18.2 Å². The molecule has 1 nitrogen and oxygen atoms in total. The van der Waals surface area contributed by atoms with E-state index >= 15 is 0 Å². The lowest BCUT2D eigenvalue weighted by molar-refractivity contribution is 0.312. The van der Waals surface area contributed by atoms with Gasteiger partial charge in [-0.25, -0.2) is 0 Å². The summed E-state index contributed by atoms with van der Waals surface area (Å²) in [4.78, 5) is 3.10. The molecule has 0 bridgehead atoms. The third-order valence-electron chi connectivity index (χ3n) is 27.7. The van der Waals surface area contributed by atoms with E-state index in [-0.39, 0.29) is 21.7 Å². The van der Waals surface area contributed by atoms with Gasteiger partial charge in [0.05, 0.1) is 10.8 Å². The molecule has 0 unspecified atom stereocenters. The van der Waals surface area contributed by atoms with Crippen molar-refractivity contribution >= 4 is 291 Å². The predicted molar refractivity (Wildman–Crippen MR) is 333 cm³/mol. The summed E-state index contributed by atoms with van der Waals surface area (Å²) in [5, 5.41) is 91.1. The first-order chi connectivity index (χ1) is 38.1. The molecule has 5 aliphatic rings. The molecule has 1 heterocycles. The van der Waals surface area contributed by atoms with Crippen molar-refractivity contribution in [1.29, 1.82) is 0 Å². The Morgan fingerprint density at radius 2 is 0.397 bits per heavy atom. The van der Waals surface area contributed by atoms with Crippen molar-refractivity contribution in [2.75, 3.05) is 13.1 Å². The minimum absolute atomic E-state index is 0.0609. The monoisotopic (exact) mass is 965 g/mol. The van der Waals surface area contributed by atoms with Crippen molar-refractivity contribution in [2.45, 2.75) is 69.7 Å². The van der Waals surface area contributed by atoms with Gasteiger partial charge in [-0.05, 0) is 341 Å². The molecule has 78 heavy (non-hydrogen) atoms. The van der Waals surface area contributed by atoms with Crippen LogP contribution in [0.25, 0.3) is 291 Å². The predicted octanol–water partition coefficient (Wildman–Crippen LogP) is 20.4. The Balaban J connectivity index is 0.991. The first-order valence-corrected chi connectivity index (χ1v) is 29.7. The van der Waals surface area contributed by atoms with Gasteiger partial charge in [-0.2, -0.15) is 0 Å². The molecule has 0 amide bonds. The largest absolute Gasteiger partial charge is 0.297 e. The van der Waals surface area contributed by atoms with Crippen LogP contribution in [-0.2, 0) is 28.2 Å². The highest BCUT2D eigenvalue weighted by Crippen LogP contribution is 2.85. The van der Waals surface area contributed by atoms with Crippen molar-refractivity contribution in [1.82, 2.24) is 4.90 Å². The van der Waals surface area contributed by atoms with Crippen molar-refractivity contribution in [3.05, 3.63) is 57.1 Å². The third kappa shape index (κ3) is 1.85. The topological polar surface area (TPSA) is 3.24 Å². The molecule has 0 saturated carbocycles. The van der Waals surface area contributed by atoms with Gasteiger partial charge in [-0.1, -0.05) is 59.7 Å². The first-order valence-electron chi connectivity index (χ1n) is 29.7. The van der Waals surface area contributed by atoms with Crippen LogP contribution >= 0.6 is 0 Å². The van der Waals surface area contributed by atoms with E-state index < -0.39 is 0 Å². The summed E-state index contributed by atoms with van der Waals surface area (Å²) in [6, 6.07) is 7.83. The zero-order valence-electron chi connectivity index (χ0n) is 42.8. The molecule has 34 rings (SSSR count). The maximum absolute atomic E-state index is 3.10. The second kappa shape index (κ2) is 7.28. The lowest BCUT2D eigenvalue weighted by atomic mass is 9.50. The van der Waals surface area contributed by atoms with Crippen LogP contribution in [0.2, 0.25) is 0 Å². The number of hydrogen-bond donors (Lipinski definition) is 0. The standard InChI is InChI=1S/C77H27N/c1-74(2,3)14-7-13(8-15(9-14)75(4,5)6)10-78-11-76-70-62-54-44-34-26-18-16-17-20-24-22(18)30-38-32(24)42-36-28(20)29-21(17)25-23-19(16)27(26)35-41-31(23)39-33(25)43-37(29)47-46(36)56-50(42)60-52(38)58(48(54)40(30)34)66(70)68(60)72-64(56)65-57(47)51(43)61-53(39)59-49(41)55(45(35)44)63(62)71(76)67(59)69(61)73(65)77(72,76)12-78/h7-9H,10-12H2,1-6H3. The third-order valence-corrected chi connectivity index (χ3v) is 27.7. The van der Waals surface area contributed by atoms with Crippen LogP contribution < -0.4 is 0 Å². The quantitative estimate of drug-likeness (QED) is 0.156. The van der Waals surface area contributed by atoms with Crippen LogP contribution in [0.4, 0.5) is 0 Å². The molecule has 0 N–H and O–H groups in total. The maximum Gasteiger partial charge on any atom is 0.0505 e. The Kier molecular flexibility index (Phi) is 2.97. The van der Waals surface area contributed by atoms with Gasteiger partial charge in [0.25, 0.3) is 0 Å². The molecule has 0 atom stereocenters. The maximum atomic E-state index is 3.10. The molecular formula is C77H27N. The lowest BCUT2D eigenvalue weighted by Crippen LogP contribution is -2.51. The fourth-order valence-electron chi connectivity index (χ4n) is 26.9. The molecule has 0 aromatic heterocycles. The van der Waals surface area contributed by atoms with E-state index in [4.69, 9.17) is 0 Å². The normalized spacial score (nSPS) is 22.2. The van der Waals surface area contributed by atoms with Crippen molar-refractivity contribution in [3.8, 4) is 0 Å². The minimum atomic E-state index is -0.215. The molecule has 4 aliphatic carbocycles. The summed E-state index contributed by atoms with van der Waals surface area (Å²) in [5.41, 5.74) is 11.4. The van der Waals surface area contributed by atoms with Gasteiger partial charge in [-0.15, -0.1) is 0 Å². The van der Waals surface area contributed by atoms with Crippen LogP contribution in [0, 0.1) is 0 Å². The zero-order valence-corrected chi connectivity index (χ0v) is 42.8. The molecule has 1 aliphatic heterocycles. The summed E-state index contributed by atoms with van der Waals surface area (Å²) in [6.07, 6.45) is 0. The SMILES string of the molecule is CC(C)(C)c1cc(CN2CC34c5c6c7c8c9c%10c(c%11c%12c3c3c5c5c%13c6c6c7c7c9c9c%14c%10c%10c%11c%11c%12c%12c3c3c5c5c%13c%13c6c6c7c9c7c9c%14c%10c%10c%11c%11c%12c3c3c5c5c%13c6c7c6c9c%10c%11c3c56)C84C2)cc(C(C)(C)C)c1. The summed E-state index contributed by atoms with van der Waals surface area (Å²) in [5.74, 6) is 0. The number of benzene rings is 19. The Hall–Kier alpha value is -8.36. The van der Waals surface area contributed by atoms with Crippen LogP contribution in [-0.4, -0.2) is 18.0 Å². The van der Waals surface area contributed by atoms with E-state index in [1.165, 1.54) is 16.7 Å². The summed E-state index contributed by atoms with van der Waals surface area (Å²) >= 11 is 0. The molecular weight excluding hydrogens is 939 g/mol. The first kappa shape index (κ1) is 31.8. The van der Waals surface area contributed by atoms with Gasteiger partial charge in [0.1, 0.15) is 0 Å². The highest BCUT2D eigenvalue weighted by atomic mass is 15.2. The second-order valence-corrected chi connectivity index (χ2v) is 31.1. The molecule has 1 heteroatoms. The van der Waals surface area contributed by atoms with E-state index in [0.29, 0.717) is 0 Å². The average Bonchev–Trinajstić information content (AvgIpc) is 1.43. The highest BCUT2D eigenvalue weighted by Gasteiger charge is 2.72. The number of likely N-dealkylation sites (tertiary alicyclic amines) is 1. The van der Waals surface area contributed by atoms with E-state index in [2.05, 4.69) is 64.6 Å². The highest BCUT2D eigenvalue weighted by molar-refractivity contribution is 6.82. The van der Waals surface area contributed by atoms with Gasteiger partial charge in [0, 0.05) is 19.6 Å².